The zero-order valence-electron chi connectivity index (χ0n) is 7.40. The molecule has 1 rings (SSSR count). The molecule has 0 unspecified atom stereocenters. The van der Waals surface area contributed by atoms with Gasteiger partial charge in [-0.3, -0.25) is 0 Å². The molecule has 4 nitrogen and oxygen atoms in total. The molecular formula is C6H6F5N3O. The van der Waals surface area contributed by atoms with E-state index in [0.29, 0.717) is 0 Å². The smallest absolute Gasteiger partial charge is 0.418 e. The van der Waals surface area contributed by atoms with Crippen molar-refractivity contribution >= 4 is 0 Å². The van der Waals surface area contributed by atoms with Gasteiger partial charge in [0.2, 0.25) is 5.89 Å². The van der Waals surface area contributed by atoms with Gasteiger partial charge in [-0.1, -0.05) is 0 Å². The molecule has 0 aliphatic heterocycles. The SMILES string of the molecule is CNCc1nnc(C(F)(F)C(F)(F)F)o1. The molecule has 0 atom stereocenters. The maximum Gasteiger partial charge on any atom is 0.463 e. The van der Waals surface area contributed by atoms with Crippen molar-refractivity contribution in [1.82, 2.24) is 15.5 Å². The zero-order chi connectivity index (χ0) is 11.7. The van der Waals surface area contributed by atoms with Crippen LogP contribution in [0.3, 0.4) is 0 Å². The summed E-state index contributed by atoms with van der Waals surface area (Å²) in [5.74, 6) is -7.21. The molecule has 15 heavy (non-hydrogen) atoms. The lowest BCUT2D eigenvalue weighted by atomic mass is 10.3. The van der Waals surface area contributed by atoms with E-state index in [4.69, 9.17) is 0 Å². The first-order valence-corrected chi connectivity index (χ1v) is 3.71. The van der Waals surface area contributed by atoms with Crippen LogP contribution in [0.1, 0.15) is 11.8 Å². The Kier molecular flexibility index (Phi) is 2.93. The fourth-order valence-electron chi connectivity index (χ4n) is 0.724. The Morgan fingerprint density at radius 3 is 2.27 bits per heavy atom. The van der Waals surface area contributed by atoms with Gasteiger partial charge in [0, 0.05) is 0 Å². The molecule has 0 radical (unpaired) electrons. The van der Waals surface area contributed by atoms with Crippen LogP contribution in [-0.2, 0) is 12.5 Å². The van der Waals surface area contributed by atoms with Crippen LogP contribution < -0.4 is 5.32 Å². The largest absolute Gasteiger partial charge is 0.463 e. The fraction of sp³-hybridized carbons (Fsp3) is 0.667. The summed E-state index contributed by atoms with van der Waals surface area (Å²) in [6.45, 7) is -0.0824. The molecule has 1 aromatic rings. The molecule has 1 N–H and O–H groups in total. The van der Waals surface area contributed by atoms with Gasteiger partial charge in [0.25, 0.3) is 5.89 Å². The minimum atomic E-state index is -5.74. The Bertz CT molecular complexity index is 334. The lowest BCUT2D eigenvalue weighted by Gasteiger charge is -2.14. The van der Waals surface area contributed by atoms with E-state index in [1.807, 2.05) is 0 Å². The number of hydrogen-bond acceptors (Lipinski definition) is 4. The Balaban J connectivity index is 2.95. The molecule has 0 bridgehead atoms. The van der Waals surface area contributed by atoms with E-state index in [9.17, 15) is 22.0 Å². The van der Waals surface area contributed by atoms with Gasteiger partial charge in [-0.15, -0.1) is 10.2 Å². The van der Waals surface area contributed by atoms with Crippen molar-refractivity contribution in [3.8, 4) is 0 Å². The summed E-state index contributed by atoms with van der Waals surface area (Å²) >= 11 is 0. The lowest BCUT2D eigenvalue weighted by Crippen LogP contribution is -2.34. The average molecular weight is 231 g/mol. The first kappa shape index (κ1) is 11.8. The van der Waals surface area contributed by atoms with Gasteiger partial charge in [-0.2, -0.15) is 22.0 Å². The van der Waals surface area contributed by atoms with E-state index >= 15 is 0 Å². The number of hydrogen-bond donors (Lipinski definition) is 1. The van der Waals surface area contributed by atoms with Gasteiger partial charge in [-0.05, 0) is 7.05 Å². The Hall–Kier alpha value is -1.25. The van der Waals surface area contributed by atoms with Crippen LogP contribution in [0.2, 0.25) is 0 Å². The third-order valence-corrected chi connectivity index (χ3v) is 1.42. The minimum Gasteiger partial charge on any atom is -0.418 e. The highest BCUT2D eigenvalue weighted by molar-refractivity contribution is 4.95. The highest BCUT2D eigenvalue weighted by Gasteiger charge is 2.62. The first-order valence-electron chi connectivity index (χ1n) is 3.71. The average Bonchev–Trinajstić information content (AvgIpc) is 2.51. The van der Waals surface area contributed by atoms with Crippen LogP contribution in [0, 0.1) is 0 Å². The summed E-state index contributed by atoms with van der Waals surface area (Å²) in [7, 11) is 1.45. The molecule has 1 aromatic heterocycles. The third kappa shape index (κ3) is 2.22. The second-order valence-corrected chi connectivity index (χ2v) is 2.60. The molecule has 9 heteroatoms. The monoisotopic (exact) mass is 231 g/mol. The summed E-state index contributed by atoms with van der Waals surface area (Å²) in [6.07, 6.45) is -5.74. The molecule has 0 spiro atoms. The van der Waals surface area contributed by atoms with Gasteiger partial charge in [0.1, 0.15) is 0 Å². The van der Waals surface area contributed by atoms with E-state index in [2.05, 4.69) is 19.9 Å². The van der Waals surface area contributed by atoms with E-state index in [1.165, 1.54) is 7.05 Å². The summed E-state index contributed by atoms with van der Waals surface area (Å²) in [6, 6.07) is 0. The maximum absolute atomic E-state index is 12.6. The number of alkyl halides is 5. The van der Waals surface area contributed by atoms with Crippen molar-refractivity contribution in [3.05, 3.63) is 11.8 Å². The predicted octanol–water partition coefficient (Wildman–Crippen LogP) is 1.44. The van der Waals surface area contributed by atoms with Crippen LogP contribution in [0.15, 0.2) is 4.42 Å². The summed E-state index contributed by atoms with van der Waals surface area (Å²) in [5.41, 5.74) is 0. The fourth-order valence-corrected chi connectivity index (χ4v) is 0.724. The molecule has 1 heterocycles. The molecule has 0 saturated carbocycles. The molecule has 86 valence electrons. The molecule has 0 aromatic carbocycles. The van der Waals surface area contributed by atoms with Crippen LogP contribution in [0.5, 0.6) is 0 Å². The molecule has 0 fully saturated rings. The zero-order valence-corrected chi connectivity index (χ0v) is 7.40. The highest BCUT2D eigenvalue weighted by Crippen LogP contribution is 2.42. The summed E-state index contributed by atoms with van der Waals surface area (Å²) < 4.78 is 64.8. The van der Waals surface area contributed by atoms with Gasteiger partial charge in [0.05, 0.1) is 6.54 Å². The second kappa shape index (κ2) is 3.72. The standard InChI is InChI=1S/C6H6F5N3O/c1-12-2-3-13-14-4(15-3)5(7,8)6(9,10)11/h12H,2H2,1H3. The van der Waals surface area contributed by atoms with Crippen molar-refractivity contribution in [2.24, 2.45) is 0 Å². The Labute approximate surface area is 80.5 Å². The predicted molar refractivity (Wildman–Crippen MR) is 37.0 cm³/mol. The van der Waals surface area contributed by atoms with E-state index in [1.54, 1.807) is 0 Å². The summed E-state index contributed by atoms with van der Waals surface area (Å²) in [5, 5.41) is 8.14. The van der Waals surface area contributed by atoms with E-state index in [-0.39, 0.29) is 12.4 Å². The van der Waals surface area contributed by atoms with Crippen LogP contribution >= 0.6 is 0 Å². The van der Waals surface area contributed by atoms with Crippen molar-refractivity contribution < 1.29 is 26.4 Å². The topological polar surface area (TPSA) is 51.0 Å². The Morgan fingerprint density at radius 1 is 1.20 bits per heavy atom. The minimum absolute atomic E-state index is 0.0824. The number of nitrogens with one attached hydrogen (secondary N) is 1. The summed E-state index contributed by atoms with van der Waals surface area (Å²) in [4.78, 5) is 0. The van der Waals surface area contributed by atoms with Crippen molar-refractivity contribution in [2.75, 3.05) is 7.05 Å². The van der Waals surface area contributed by atoms with E-state index < -0.39 is 18.0 Å². The quantitative estimate of drug-likeness (QED) is 0.800. The van der Waals surface area contributed by atoms with Crippen molar-refractivity contribution in [1.29, 1.82) is 0 Å². The number of nitrogens with zero attached hydrogens (tertiary/aromatic N) is 2. The van der Waals surface area contributed by atoms with Crippen LogP contribution in [-0.4, -0.2) is 23.4 Å². The molecule has 0 saturated heterocycles. The number of aromatic nitrogens is 2. The van der Waals surface area contributed by atoms with E-state index in [0.717, 1.165) is 0 Å². The highest BCUT2D eigenvalue weighted by atomic mass is 19.4. The lowest BCUT2D eigenvalue weighted by molar-refractivity contribution is -0.297. The number of halogens is 5. The molecule has 0 aliphatic carbocycles. The molecular weight excluding hydrogens is 225 g/mol. The third-order valence-electron chi connectivity index (χ3n) is 1.42. The second-order valence-electron chi connectivity index (χ2n) is 2.60. The van der Waals surface area contributed by atoms with Gasteiger partial charge in [0.15, 0.2) is 0 Å². The van der Waals surface area contributed by atoms with Gasteiger partial charge >= 0.3 is 12.1 Å². The Morgan fingerprint density at radius 2 is 1.80 bits per heavy atom. The van der Waals surface area contributed by atoms with Crippen LogP contribution in [0.25, 0.3) is 0 Å². The van der Waals surface area contributed by atoms with Crippen molar-refractivity contribution in [2.45, 2.75) is 18.6 Å². The van der Waals surface area contributed by atoms with Gasteiger partial charge in [-0.25, -0.2) is 0 Å². The van der Waals surface area contributed by atoms with Crippen molar-refractivity contribution in [3.63, 3.8) is 0 Å². The maximum atomic E-state index is 12.6. The van der Waals surface area contributed by atoms with Gasteiger partial charge < -0.3 is 9.73 Å². The molecule has 0 aliphatic rings. The van der Waals surface area contributed by atoms with Crippen LogP contribution in [0.4, 0.5) is 22.0 Å². The molecule has 0 amide bonds. The number of rotatable bonds is 3. The first-order chi connectivity index (χ1) is 6.79. The normalized spacial score (nSPS) is 13.2.